The molecule has 21 heavy (non-hydrogen) atoms. The highest BCUT2D eigenvalue weighted by molar-refractivity contribution is 8.00. The van der Waals surface area contributed by atoms with E-state index in [0.29, 0.717) is 4.90 Å². The molecule has 0 aromatic heterocycles. The summed E-state index contributed by atoms with van der Waals surface area (Å²) in [6.45, 7) is 3.91. The standard InChI is InChI=1S/C16H17F2NOS/c1-16(2,10-6-4-5-7-14(10)20-3)21-15-9-13(19)11(17)8-12(15)18/h4-9H,19H2,1-3H3. The van der Waals surface area contributed by atoms with Gasteiger partial charge in [0.2, 0.25) is 0 Å². The van der Waals surface area contributed by atoms with Crippen LogP contribution < -0.4 is 10.5 Å². The van der Waals surface area contributed by atoms with E-state index in [1.54, 1.807) is 7.11 Å². The molecule has 0 spiro atoms. The normalized spacial score (nSPS) is 11.5. The van der Waals surface area contributed by atoms with Crippen molar-refractivity contribution in [1.29, 1.82) is 0 Å². The van der Waals surface area contributed by atoms with Crippen LogP contribution in [-0.4, -0.2) is 7.11 Å². The maximum atomic E-state index is 13.9. The van der Waals surface area contributed by atoms with Crippen molar-refractivity contribution in [2.45, 2.75) is 23.5 Å². The van der Waals surface area contributed by atoms with Gasteiger partial charge in [-0.15, -0.1) is 11.8 Å². The van der Waals surface area contributed by atoms with E-state index in [-0.39, 0.29) is 5.69 Å². The minimum Gasteiger partial charge on any atom is -0.496 e. The molecule has 2 aromatic rings. The fraction of sp³-hybridized carbons (Fsp3) is 0.250. The van der Waals surface area contributed by atoms with Crippen molar-refractivity contribution < 1.29 is 13.5 Å². The van der Waals surface area contributed by atoms with E-state index in [2.05, 4.69) is 0 Å². The molecule has 0 bridgehead atoms. The van der Waals surface area contributed by atoms with E-state index in [1.165, 1.54) is 17.8 Å². The third-order valence-corrected chi connectivity index (χ3v) is 4.43. The highest BCUT2D eigenvalue weighted by Gasteiger charge is 2.27. The van der Waals surface area contributed by atoms with E-state index in [9.17, 15) is 8.78 Å². The molecule has 5 heteroatoms. The third-order valence-electron chi connectivity index (χ3n) is 3.17. The summed E-state index contributed by atoms with van der Waals surface area (Å²) in [6.07, 6.45) is 0. The average molecular weight is 309 g/mol. The van der Waals surface area contributed by atoms with Crippen LogP contribution in [0.25, 0.3) is 0 Å². The number of halogens is 2. The van der Waals surface area contributed by atoms with Gasteiger partial charge in [0.25, 0.3) is 0 Å². The molecule has 0 atom stereocenters. The Morgan fingerprint density at radius 1 is 1.10 bits per heavy atom. The molecule has 0 fully saturated rings. The quantitative estimate of drug-likeness (QED) is 0.663. The van der Waals surface area contributed by atoms with Crippen molar-refractivity contribution in [2.24, 2.45) is 0 Å². The third kappa shape index (κ3) is 3.29. The van der Waals surface area contributed by atoms with Crippen LogP contribution in [0, 0.1) is 11.6 Å². The van der Waals surface area contributed by atoms with E-state index >= 15 is 0 Å². The first-order valence-corrected chi connectivity index (χ1v) is 7.24. The molecule has 0 aliphatic carbocycles. The predicted octanol–water partition coefficient (Wildman–Crippen LogP) is 4.58. The molecule has 0 saturated heterocycles. The van der Waals surface area contributed by atoms with E-state index in [4.69, 9.17) is 10.5 Å². The number of benzene rings is 2. The van der Waals surface area contributed by atoms with Gasteiger partial charge in [-0.3, -0.25) is 0 Å². The Balaban J connectivity index is 2.39. The van der Waals surface area contributed by atoms with Crippen LogP contribution in [0.15, 0.2) is 41.3 Å². The Hall–Kier alpha value is -1.75. The van der Waals surface area contributed by atoms with Gasteiger partial charge in [-0.05, 0) is 26.0 Å². The van der Waals surface area contributed by atoms with Gasteiger partial charge >= 0.3 is 0 Å². The molecule has 0 unspecified atom stereocenters. The summed E-state index contributed by atoms with van der Waals surface area (Å²) in [5, 5.41) is 0. The van der Waals surface area contributed by atoms with Crippen LogP contribution in [0.5, 0.6) is 5.75 Å². The first-order valence-electron chi connectivity index (χ1n) is 6.42. The van der Waals surface area contributed by atoms with Crippen LogP contribution in [0.3, 0.4) is 0 Å². The molecule has 0 amide bonds. The van der Waals surface area contributed by atoms with Crippen molar-refractivity contribution in [3.63, 3.8) is 0 Å². The zero-order valence-corrected chi connectivity index (χ0v) is 12.9. The van der Waals surface area contributed by atoms with Crippen LogP contribution in [0.2, 0.25) is 0 Å². The summed E-state index contributed by atoms with van der Waals surface area (Å²) >= 11 is 1.28. The number of thioether (sulfide) groups is 1. The number of hydrogen-bond donors (Lipinski definition) is 1. The number of ether oxygens (including phenoxy) is 1. The van der Waals surface area contributed by atoms with Gasteiger partial charge in [-0.2, -0.15) is 0 Å². The molecule has 0 aliphatic heterocycles. The van der Waals surface area contributed by atoms with Gasteiger partial charge in [0.1, 0.15) is 17.4 Å². The predicted molar refractivity (Wildman–Crippen MR) is 82.6 cm³/mol. The molecule has 2 N–H and O–H groups in total. The van der Waals surface area contributed by atoms with Gasteiger partial charge in [-0.25, -0.2) is 8.78 Å². The van der Waals surface area contributed by atoms with Crippen LogP contribution >= 0.6 is 11.8 Å². The highest BCUT2D eigenvalue weighted by atomic mass is 32.2. The lowest BCUT2D eigenvalue weighted by molar-refractivity contribution is 0.405. The van der Waals surface area contributed by atoms with Gasteiger partial charge in [0.05, 0.1) is 12.8 Å². The fourth-order valence-electron chi connectivity index (χ4n) is 2.09. The van der Waals surface area contributed by atoms with Gasteiger partial charge in [0.15, 0.2) is 0 Å². The smallest absolute Gasteiger partial charge is 0.149 e. The molecular weight excluding hydrogens is 292 g/mol. The Labute approximate surface area is 127 Å². The Morgan fingerprint density at radius 3 is 2.43 bits per heavy atom. The van der Waals surface area contributed by atoms with Crippen molar-refractivity contribution in [1.82, 2.24) is 0 Å². The monoisotopic (exact) mass is 309 g/mol. The molecule has 0 heterocycles. The van der Waals surface area contributed by atoms with E-state index in [1.807, 2.05) is 38.1 Å². The molecule has 112 valence electrons. The molecule has 0 radical (unpaired) electrons. The summed E-state index contributed by atoms with van der Waals surface area (Å²) in [6, 6.07) is 9.70. The lowest BCUT2D eigenvalue weighted by Gasteiger charge is -2.27. The summed E-state index contributed by atoms with van der Waals surface area (Å²) < 4.78 is 32.0. The molecule has 2 rings (SSSR count). The summed E-state index contributed by atoms with van der Waals surface area (Å²) in [4.78, 5) is 0.310. The number of nitrogen functional groups attached to an aromatic ring is 1. The Bertz CT molecular complexity index is 659. The minimum absolute atomic E-state index is 0.0604. The average Bonchev–Trinajstić information content (AvgIpc) is 2.44. The molecule has 0 aliphatic rings. The molecule has 0 saturated carbocycles. The molecular formula is C16H17F2NOS. The lowest BCUT2D eigenvalue weighted by Crippen LogP contribution is -2.14. The second kappa shape index (κ2) is 5.93. The summed E-state index contributed by atoms with van der Waals surface area (Å²) in [5.74, 6) is -0.632. The lowest BCUT2D eigenvalue weighted by atomic mass is 10.0. The molecule has 2 nitrogen and oxygen atoms in total. The molecule has 2 aromatic carbocycles. The van der Waals surface area contributed by atoms with Gasteiger partial charge < -0.3 is 10.5 Å². The van der Waals surface area contributed by atoms with Crippen molar-refractivity contribution in [2.75, 3.05) is 12.8 Å². The highest BCUT2D eigenvalue weighted by Crippen LogP contribution is 2.45. The first kappa shape index (κ1) is 15.6. The number of anilines is 1. The fourth-order valence-corrected chi connectivity index (χ4v) is 3.27. The Kier molecular flexibility index (Phi) is 4.42. The van der Waals surface area contributed by atoms with Crippen LogP contribution in [0.4, 0.5) is 14.5 Å². The van der Waals surface area contributed by atoms with Crippen molar-refractivity contribution >= 4 is 17.4 Å². The second-order valence-electron chi connectivity index (χ2n) is 5.12. The van der Waals surface area contributed by atoms with Crippen molar-refractivity contribution in [3.8, 4) is 5.75 Å². The summed E-state index contributed by atoms with van der Waals surface area (Å²) in [7, 11) is 1.59. The number of nitrogens with two attached hydrogens (primary N) is 1. The van der Waals surface area contributed by atoms with Crippen LogP contribution in [-0.2, 0) is 4.75 Å². The number of hydrogen-bond acceptors (Lipinski definition) is 3. The maximum Gasteiger partial charge on any atom is 0.149 e. The number of methoxy groups -OCH3 is 1. The van der Waals surface area contributed by atoms with E-state index < -0.39 is 16.4 Å². The van der Waals surface area contributed by atoms with E-state index in [0.717, 1.165) is 17.4 Å². The SMILES string of the molecule is COc1ccccc1C(C)(C)Sc1cc(N)c(F)cc1F. The zero-order valence-electron chi connectivity index (χ0n) is 12.1. The van der Waals surface area contributed by atoms with Crippen molar-refractivity contribution in [3.05, 3.63) is 53.6 Å². The topological polar surface area (TPSA) is 35.2 Å². The Morgan fingerprint density at radius 2 is 1.76 bits per heavy atom. The number of para-hydroxylation sites is 1. The second-order valence-corrected chi connectivity index (χ2v) is 6.78. The summed E-state index contributed by atoms with van der Waals surface area (Å²) in [5.41, 5.74) is 6.39. The maximum absolute atomic E-state index is 13.9. The zero-order chi connectivity index (χ0) is 15.6. The van der Waals surface area contributed by atoms with Crippen LogP contribution in [0.1, 0.15) is 19.4 Å². The largest absolute Gasteiger partial charge is 0.496 e. The minimum atomic E-state index is -0.744. The van der Waals surface area contributed by atoms with Gasteiger partial charge in [-0.1, -0.05) is 18.2 Å². The van der Waals surface area contributed by atoms with Gasteiger partial charge in [0, 0.05) is 21.3 Å². The first-order chi connectivity index (χ1) is 9.85. The number of rotatable bonds is 4.